The van der Waals surface area contributed by atoms with E-state index >= 15 is 0 Å². The van der Waals surface area contributed by atoms with Crippen LogP contribution < -0.4 is 0 Å². The molecular formula is C13H17N3O3S. The van der Waals surface area contributed by atoms with E-state index in [0.29, 0.717) is 18.3 Å². The van der Waals surface area contributed by atoms with E-state index in [-0.39, 0.29) is 0 Å². The van der Waals surface area contributed by atoms with Gasteiger partial charge in [-0.1, -0.05) is 12.1 Å². The number of aromatic nitrogens is 2. The van der Waals surface area contributed by atoms with Crippen LogP contribution in [0.4, 0.5) is 0 Å². The van der Waals surface area contributed by atoms with Crippen molar-refractivity contribution in [2.45, 2.75) is 32.4 Å². The van der Waals surface area contributed by atoms with Crippen LogP contribution in [-0.2, 0) is 17.8 Å². The molecule has 0 saturated heterocycles. The lowest BCUT2D eigenvalue weighted by Crippen LogP contribution is -2.30. The number of carboxylic acid groups (broad SMARTS) is 1. The second-order valence-corrected chi connectivity index (χ2v) is 5.35. The number of carbonyl (C=O) groups is 1. The number of hydrogen-bond acceptors (Lipinski definition) is 6. The van der Waals surface area contributed by atoms with Crippen molar-refractivity contribution >= 4 is 17.3 Å². The Labute approximate surface area is 121 Å². The predicted molar refractivity (Wildman–Crippen MR) is 74.5 cm³/mol. The standard InChI is InChI=1S/C13H17N3O3S/c1-3-4-10-14-11(19-15-10)7-16(2)12(13(17)18)9-5-6-20-8-9/h5-6,8,12H,3-4,7H2,1-2H3,(H,17,18). The second kappa shape index (κ2) is 6.62. The fourth-order valence-electron chi connectivity index (χ4n) is 2.00. The van der Waals surface area contributed by atoms with E-state index in [2.05, 4.69) is 10.1 Å². The monoisotopic (exact) mass is 295 g/mol. The third-order valence-electron chi connectivity index (χ3n) is 2.90. The van der Waals surface area contributed by atoms with Crippen LogP contribution >= 0.6 is 11.3 Å². The van der Waals surface area contributed by atoms with Crippen LogP contribution in [0.5, 0.6) is 0 Å². The van der Waals surface area contributed by atoms with Gasteiger partial charge in [0.2, 0.25) is 5.89 Å². The molecule has 20 heavy (non-hydrogen) atoms. The Balaban J connectivity index is 2.08. The second-order valence-electron chi connectivity index (χ2n) is 4.57. The van der Waals surface area contributed by atoms with E-state index in [1.54, 1.807) is 11.9 Å². The zero-order valence-corrected chi connectivity index (χ0v) is 12.3. The van der Waals surface area contributed by atoms with Crippen molar-refractivity contribution in [3.63, 3.8) is 0 Å². The van der Waals surface area contributed by atoms with E-state index in [9.17, 15) is 9.90 Å². The fourth-order valence-corrected chi connectivity index (χ4v) is 2.68. The number of aliphatic carboxylic acids is 1. The molecule has 0 aliphatic carbocycles. The molecule has 0 saturated carbocycles. The van der Waals surface area contributed by atoms with Crippen molar-refractivity contribution in [1.82, 2.24) is 15.0 Å². The van der Waals surface area contributed by atoms with Gasteiger partial charge in [-0.25, -0.2) is 0 Å². The van der Waals surface area contributed by atoms with Crippen molar-refractivity contribution < 1.29 is 14.4 Å². The first-order valence-corrected chi connectivity index (χ1v) is 7.32. The molecule has 6 nitrogen and oxygen atoms in total. The number of carboxylic acids is 1. The molecule has 0 spiro atoms. The Morgan fingerprint density at radius 3 is 3.00 bits per heavy atom. The van der Waals surface area contributed by atoms with Crippen LogP contribution in [0.1, 0.15) is 36.7 Å². The van der Waals surface area contributed by atoms with Gasteiger partial charge in [-0.3, -0.25) is 9.69 Å². The molecule has 108 valence electrons. The van der Waals surface area contributed by atoms with Crippen LogP contribution in [0.3, 0.4) is 0 Å². The van der Waals surface area contributed by atoms with Crippen molar-refractivity contribution in [2.24, 2.45) is 0 Å². The maximum absolute atomic E-state index is 11.4. The minimum atomic E-state index is -0.890. The minimum Gasteiger partial charge on any atom is -0.480 e. The number of aryl methyl sites for hydroxylation is 1. The summed E-state index contributed by atoms with van der Waals surface area (Å²) >= 11 is 1.48. The van der Waals surface area contributed by atoms with Gasteiger partial charge in [-0.15, -0.1) is 0 Å². The zero-order chi connectivity index (χ0) is 14.5. The van der Waals surface area contributed by atoms with Gasteiger partial charge in [0.1, 0.15) is 6.04 Å². The minimum absolute atomic E-state index is 0.309. The number of rotatable bonds is 7. The summed E-state index contributed by atoms with van der Waals surface area (Å²) < 4.78 is 5.14. The average molecular weight is 295 g/mol. The van der Waals surface area contributed by atoms with E-state index in [1.807, 2.05) is 23.8 Å². The molecule has 0 fully saturated rings. The Kier molecular flexibility index (Phi) is 4.86. The number of nitrogens with zero attached hydrogens (tertiary/aromatic N) is 3. The highest BCUT2D eigenvalue weighted by atomic mass is 32.1. The summed E-state index contributed by atoms with van der Waals surface area (Å²) in [7, 11) is 1.74. The van der Waals surface area contributed by atoms with Crippen LogP contribution in [0.25, 0.3) is 0 Å². The molecular weight excluding hydrogens is 278 g/mol. The highest BCUT2D eigenvalue weighted by Crippen LogP contribution is 2.23. The first-order valence-electron chi connectivity index (χ1n) is 6.38. The zero-order valence-electron chi connectivity index (χ0n) is 11.4. The van der Waals surface area contributed by atoms with Gasteiger partial charge in [0.05, 0.1) is 6.54 Å². The van der Waals surface area contributed by atoms with Gasteiger partial charge in [-0.2, -0.15) is 16.3 Å². The molecule has 2 rings (SSSR count). The van der Waals surface area contributed by atoms with E-state index < -0.39 is 12.0 Å². The maximum atomic E-state index is 11.4. The molecule has 2 aromatic rings. The smallest absolute Gasteiger partial charge is 0.325 e. The van der Waals surface area contributed by atoms with Gasteiger partial charge in [0.25, 0.3) is 0 Å². The first kappa shape index (κ1) is 14.7. The van der Waals surface area contributed by atoms with Gasteiger partial charge in [0.15, 0.2) is 5.82 Å². The average Bonchev–Trinajstić information content (AvgIpc) is 3.02. The normalized spacial score (nSPS) is 12.8. The molecule has 1 atom stereocenters. The van der Waals surface area contributed by atoms with Crippen molar-refractivity contribution in [2.75, 3.05) is 7.05 Å². The van der Waals surface area contributed by atoms with Gasteiger partial charge in [0, 0.05) is 6.42 Å². The quantitative estimate of drug-likeness (QED) is 0.844. The number of likely N-dealkylation sites (N-methyl/N-ethyl adjacent to an activating group) is 1. The van der Waals surface area contributed by atoms with Crippen LogP contribution in [0.15, 0.2) is 21.3 Å². The summed E-state index contributed by atoms with van der Waals surface area (Å²) in [6, 6.07) is 1.11. The van der Waals surface area contributed by atoms with E-state index in [0.717, 1.165) is 18.4 Å². The SMILES string of the molecule is CCCc1noc(CN(C)C(C(=O)O)c2ccsc2)n1. The van der Waals surface area contributed by atoms with Crippen LogP contribution in [0, 0.1) is 0 Å². The summed E-state index contributed by atoms with van der Waals surface area (Å²) in [5, 5.41) is 17.0. The topological polar surface area (TPSA) is 79.5 Å². The molecule has 7 heteroatoms. The summed E-state index contributed by atoms with van der Waals surface area (Å²) in [6.45, 7) is 2.35. The van der Waals surface area contributed by atoms with Gasteiger partial charge < -0.3 is 9.63 Å². The first-order chi connectivity index (χ1) is 9.61. The van der Waals surface area contributed by atoms with Gasteiger partial charge >= 0.3 is 5.97 Å². The molecule has 0 radical (unpaired) electrons. The molecule has 2 aromatic heterocycles. The molecule has 1 N–H and O–H groups in total. The molecule has 0 aromatic carbocycles. The molecule has 2 heterocycles. The highest BCUT2D eigenvalue weighted by molar-refractivity contribution is 7.08. The fraction of sp³-hybridized carbons (Fsp3) is 0.462. The predicted octanol–water partition coefficient (Wildman–Crippen LogP) is 2.34. The summed E-state index contributed by atoms with van der Waals surface area (Å²) in [4.78, 5) is 17.4. The lowest BCUT2D eigenvalue weighted by Gasteiger charge is -2.22. The Hall–Kier alpha value is -1.73. The summed E-state index contributed by atoms with van der Waals surface area (Å²) in [6.07, 6.45) is 1.71. The number of thiophene rings is 1. The molecule has 1 unspecified atom stereocenters. The lowest BCUT2D eigenvalue weighted by atomic mass is 10.1. The third-order valence-corrected chi connectivity index (χ3v) is 3.60. The number of hydrogen-bond donors (Lipinski definition) is 1. The van der Waals surface area contributed by atoms with E-state index in [4.69, 9.17) is 4.52 Å². The summed E-state index contributed by atoms with van der Waals surface area (Å²) in [5.41, 5.74) is 0.762. The maximum Gasteiger partial charge on any atom is 0.325 e. The summed E-state index contributed by atoms with van der Waals surface area (Å²) in [5.74, 6) is 0.218. The Bertz CT molecular complexity index is 553. The third kappa shape index (κ3) is 3.43. The Morgan fingerprint density at radius 2 is 2.40 bits per heavy atom. The largest absolute Gasteiger partial charge is 0.480 e. The van der Waals surface area contributed by atoms with Crippen LogP contribution in [-0.4, -0.2) is 33.2 Å². The lowest BCUT2D eigenvalue weighted by molar-refractivity contribution is -0.143. The van der Waals surface area contributed by atoms with Crippen molar-refractivity contribution in [3.05, 3.63) is 34.1 Å². The molecule has 0 aliphatic heterocycles. The molecule has 0 amide bonds. The van der Waals surface area contributed by atoms with Crippen molar-refractivity contribution in [1.29, 1.82) is 0 Å². The van der Waals surface area contributed by atoms with Crippen molar-refractivity contribution in [3.8, 4) is 0 Å². The molecule has 0 aliphatic rings. The highest BCUT2D eigenvalue weighted by Gasteiger charge is 2.26. The molecule has 0 bridgehead atoms. The van der Waals surface area contributed by atoms with E-state index in [1.165, 1.54) is 11.3 Å². The van der Waals surface area contributed by atoms with Crippen LogP contribution in [0.2, 0.25) is 0 Å². The van der Waals surface area contributed by atoms with Gasteiger partial charge in [-0.05, 0) is 35.9 Å². The Morgan fingerprint density at radius 1 is 1.60 bits per heavy atom.